The van der Waals surface area contributed by atoms with E-state index >= 15 is 0 Å². The Balaban J connectivity index is 1.89. The first-order valence-corrected chi connectivity index (χ1v) is 6.87. The maximum Gasteiger partial charge on any atom is 0.308 e. The van der Waals surface area contributed by atoms with Gasteiger partial charge in [0.15, 0.2) is 5.78 Å². The maximum absolute atomic E-state index is 13.4. The summed E-state index contributed by atoms with van der Waals surface area (Å²) in [6, 6.07) is 2.65. The second-order valence-corrected chi connectivity index (χ2v) is 5.21. The number of likely N-dealkylation sites (tertiary alicyclic amines) is 1. The van der Waals surface area contributed by atoms with E-state index in [-0.39, 0.29) is 30.9 Å². The molecule has 1 heterocycles. The fraction of sp³-hybridized carbons (Fsp3) is 0.400. The van der Waals surface area contributed by atoms with Gasteiger partial charge in [-0.05, 0) is 18.6 Å². The van der Waals surface area contributed by atoms with Gasteiger partial charge in [-0.2, -0.15) is 0 Å². The highest BCUT2D eigenvalue weighted by atomic mass is 19.1. The number of carboxylic acids is 1. The van der Waals surface area contributed by atoms with E-state index in [1.165, 1.54) is 4.90 Å². The van der Waals surface area contributed by atoms with Crippen molar-refractivity contribution in [3.05, 3.63) is 35.4 Å². The predicted octanol–water partition coefficient (Wildman–Crippen LogP) is 1.86. The van der Waals surface area contributed by atoms with Gasteiger partial charge in [0.1, 0.15) is 11.6 Å². The molecule has 22 heavy (non-hydrogen) atoms. The number of carbonyl (C=O) groups is 3. The van der Waals surface area contributed by atoms with Gasteiger partial charge in [0.25, 0.3) is 0 Å². The highest BCUT2D eigenvalue weighted by molar-refractivity contribution is 5.98. The molecule has 7 heteroatoms. The molecule has 1 aliphatic rings. The minimum atomic E-state index is -0.954. The van der Waals surface area contributed by atoms with Crippen LogP contribution in [0.4, 0.5) is 8.78 Å². The number of ketones is 1. The molecule has 1 fully saturated rings. The number of aliphatic carboxylic acids is 1. The molecule has 0 aromatic heterocycles. The summed E-state index contributed by atoms with van der Waals surface area (Å²) in [4.78, 5) is 36.0. The van der Waals surface area contributed by atoms with Crippen molar-refractivity contribution in [2.75, 3.05) is 13.1 Å². The fourth-order valence-corrected chi connectivity index (χ4v) is 2.42. The number of amides is 1. The van der Waals surface area contributed by atoms with Gasteiger partial charge in [-0.1, -0.05) is 0 Å². The topological polar surface area (TPSA) is 74.7 Å². The molecule has 0 radical (unpaired) electrons. The van der Waals surface area contributed by atoms with Crippen LogP contribution in [0.1, 0.15) is 29.6 Å². The van der Waals surface area contributed by atoms with Crippen LogP contribution in [-0.4, -0.2) is 40.8 Å². The van der Waals surface area contributed by atoms with E-state index < -0.39 is 29.3 Å². The Morgan fingerprint density at radius 2 is 1.95 bits per heavy atom. The number of rotatable bonds is 5. The highest BCUT2D eigenvalue weighted by Crippen LogP contribution is 2.18. The SMILES string of the molecule is O=C(CCC(=O)N1CCC(C(=O)O)C1)c1ccc(F)cc1F. The number of hydrogen-bond acceptors (Lipinski definition) is 3. The van der Waals surface area contributed by atoms with Gasteiger partial charge in [-0.3, -0.25) is 14.4 Å². The second-order valence-electron chi connectivity index (χ2n) is 5.21. The van der Waals surface area contributed by atoms with Crippen LogP contribution in [-0.2, 0) is 9.59 Å². The quantitative estimate of drug-likeness (QED) is 0.842. The average molecular weight is 311 g/mol. The summed E-state index contributed by atoms with van der Waals surface area (Å²) in [6.07, 6.45) is 0.0687. The van der Waals surface area contributed by atoms with Crippen LogP contribution in [0.2, 0.25) is 0 Å². The Hall–Kier alpha value is -2.31. The number of benzene rings is 1. The van der Waals surface area contributed by atoms with E-state index in [2.05, 4.69) is 0 Å². The Kier molecular flexibility index (Phi) is 4.85. The average Bonchev–Trinajstić information content (AvgIpc) is 2.94. The Bertz CT molecular complexity index is 618. The second kappa shape index (κ2) is 6.64. The van der Waals surface area contributed by atoms with Gasteiger partial charge < -0.3 is 10.0 Å². The summed E-state index contributed by atoms with van der Waals surface area (Å²) in [5.41, 5.74) is -0.251. The van der Waals surface area contributed by atoms with Crippen LogP contribution < -0.4 is 0 Å². The van der Waals surface area contributed by atoms with Crippen LogP contribution >= 0.6 is 0 Å². The normalized spacial score (nSPS) is 17.5. The number of Topliss-reactive ketones (excluding diaryl/α,β-unsaturated/α-hetero) is 1. The minimum Gasteiger partial charge on any atom is -0.481 e. The first-order chi connectivity index (χ1) is 10.4. The predicted molar refractivity (Wildman–Crippen MR) is 72.2 cm³/mol. The van der Waals surface area contributed by atoms with E-state index in [4.69, 9.17) is 5.11 Å². The van der Waals surface area contributed by atoms with Crippen molar-refractivity contribution in [2.45, 2.75) is 19.3 Å². The molecule has 5 nitrogen and oxygen atoms in total. The maximum atomic E-state index is 13.4. The zero-order valence-electron chi connectivity index (χ0n) is 11.7. The molecule has 0 spiro atoms. The third-order valence-electron chi connectivity index (χ3n) is 3.69. The number of nitrogens with zero attached hydrogens (tertiary/aromatic N) is 1. The number of carboxylic acid groups (broad SMARTS) is 1. The molecular formula is C15H15F2NO4. The summed E-state index contributed by atoms with van der Waals surface area (Å²) >= 11 is 0. The molecule has 2 rings (SSSR count). The summed E-state index contributed by atoms with van der Waals surface area (Å²) in [5.74, 6) is -4.17. The first kappa shape index (κ1) is 16.1. The van der Waals surface area contributed by atoms with Gasteiger partial charge in [0, 0.05) is 32.0 Å². The van der Waals surface area contributed by atoms with Crippen molar-refractivity contribution in [1.29, 1.82) is 0 Å². The van der Waals surface area contributed by atoms with Crippen LogP contribution in [0.3, 0.4) is 0 Å². The standard InChI is InChI=1S/C15H15F2NO4/c16-10-1-2-11(12(17)7-10)13(19)3-4-14(20)18-6-5-9(8-18)15(21)22/h1-2,7,9H,3-6,8H2,(H,21,22). The molecule has 1 aliphatic heterocycles. The van der Waals surface area contributed by atoms with Crippen LogP contribution in [0.5, 0.6) is 0 Å². The van der Waals surface area contributed by atoms with E-state index in [0.717, 1.165) is 12.1 Å². The van der Waals surface area contributed by atoms with E-state index in [1.807, 2.05) is 0 Å². The van der Waals surface area contributed by atoms with Crippen LogP contribution in [0, 0.1) is 17.6 Å². The monoisotopic (exact) mass is 311 g/mol. The lowest BCUT2D eigenvalue weighted by Crippen LogP contribution is -2.30. The summed E-state index contributed by atoms with van der Waals surface area (Å²) in [6.45, 7) is 0.474. The Morgan fingerprint density at radius 3 is 2.55 bits per heavy atom. The van der Waals surface area contributed by atoms with Crippen molar-refractivity contribution in [3.63, 3.8) is 0 Å². The molecule has 1 amide bonds. The zero-order valence-corrected chi connectivity index (χ0v) is 11.7. The molecule has 118 valence electrons. The Labute approximate surface area is 125 Å². The minimum absolute atomic E-state index is 0.123. The number of halogens is 2. The lowest BCUT2D eigenvalue weighted by atomic mass is 10.1. The molecule has 0 bridgehead atoms. The molecule has 1 unspecified atom stereocenters. The molecule has 1 N–H and O–H groups in total. The van der Waals surface area contributed by atoms with Crippen LogP contribution in [0.15, 0.2) is 18.2 Å². The number of hydrogen-bond donors (Lipinski definition) is 1. The van der Waals surface area contributed by atoms with Gasteiger partial charge in [-0.15, -0.1) is 0 Å². The molecule has 0 saturated carbocycles. The largest absolute Gasteiger partial charge is 0.481 e. The van der Waals surface area contributed by atoms with Crippen molar-refractivity contribution >= 4 is 17.7 Å². The lowest BCUT2D eigenvalue weighted by Gasteiger charge is -2.15. The van der Waals surface area contributed by atoms with Crippen molar-refractivity contribution in [1.82, 2.24) is 4.90 Å². The van der Waals surface area contributed by atoms with Gasteiger partial charge in [0.2, 0.25) is 5.91 Å². The summed E-state index contributed by atoms with van der Waals surface area (Å²) in [7, 11) is 0. The zero-order chi connectivity index (χ0) is 16.3. The number of carbonyl (C=O) groups excluding carboxylic acids is 2. The molecule has 1 saturated heterocycles. The third-order valence-corrected chi connectivity index (χ3v) is 3.69. The summed E-state index contributed by atoms with van der Waals surface area (Å²) < 4.78 is 26.2. The van der Waals surface area contributed by atoms with Gasteiger partial charge in [-0.25, -0.2) is 8.78 Å². The molecule has 1 aromatic rings. The highest BCUT2D eigenvalue weighted by Gasteiger charge is 2.30. The fourth-order valence-electron chi connectivity index (χ4n) is 2.42. The van der Waals surface area contributed by atoms with Gasteiger partial charge >= 0.3 is 5.97 Å². The van der Waals surface area contributed by atoms with Crippen molar-refractivity contribution in [3.8, 4) is 0 Å². The van der Waals surface area contributed by atoms with Crippen molar-refractivity contribution < 1.29 is 28.3 Å². The first-order valence-electron chi connectivity index (χ1n) is 6.87. The molecule has 1 aromatic carbocycles. The van der Waals surface area contributed by atoms with E-state index in [0.29, 0.717) is 19.0 Å². The van der Waals surface area contributed by atoms with E-state index in [9.17, 15) is 23.2 Å². The van der Waals surface area contributed by atoms with E-state index in [1.54, 1.807) is 0 Å². The Morgan fingerprint density at radius 1 is 1.23 bits per heavy atom. The summed E-state index contributed by atoms with van der Waals surface area (Å²) in [5, 5.41) is 8.87. The molecule has 1 atom stereocenters. The van der Waals surface area contributed by atoms with Gasteiger partial charge in [0.05, 0.1) is 11.5 Å². The molecular weight excluding hydrogens is 296 g/mol. The third kappa shape index (κ3) is 3.66. The van der Waals surface area contributed by atoms with Crippen LogP contribution in [0.25, 0.3) is 0 Å². The lowest BCUT2D eigenvalue weighted by molar-refractivity contribution is -0.141. The smallest absolute Gasteiger partial charge is 0.308 e. The molecule has 0 aliphatic carbocycles. The van der Waals surface area contributed by atoms with Crippen molar-refractivity contribution in [2.24, 2.45) is 5.92 Å².